The maximum absolute atomic E-state index is 13.8. The molecule has 0 saturated heterocycles. The molecule has 0 bridgehead atoms. The van der Waals surface area contributed by atoms with Crippen molar-refractivity contribution in [1.82, 2.24) is 29.2 Å². The molecular formula is C28H30N6O2. The molecule has 1 aromatic carbocycles. The summed E-state index contributed by atoms with van der Waals surface area (Å²) in [6.07, 6.45) is 10.9. The topological polar surface area (TPSA) is 78.1 Å². The van der Waals surface area contributed by atoms with Crippen molar-refractivity contribution in [3.05, 3.63) is 83.0 Å². The zero-order valence-electron chi connectivity index (χ0n) is 20.9. The first-order valence-electron chi connectivity index (χ1n) is 12.5. The number of rotatable bonds is 7. The number of nitrogens with zero attached hydrogens (tertiary/aromatic N) is 6. The molecule has 1 aliphatic carbocycles. The van der Waals surface area contributed by atoms with Gasteiger partial charge >= 0.3 is 0 Å². The molecule has 4 heterocycles. The predicted octanol–water partition coefficient (Wildman–Crippen LogP) is 4.12. The van der Waals surface area contributed by atoms with Crippen LogP contribution in [0.15, 0.2) is 49.1 Å². The van der Waals surface area contributed by atoms with E-state index in [2.05, 4.69) is 38.0 Å². The highest BCUT2D eigenvalue weighted by atomic mass is 16.5. The molecule has 36 heavy (non-hydrogen) atoms. The van der Waals surface area contributed by atoms with Crippen molar-refractivity contribution < 1.29 is 9.53 Å². The Labute approximate surface area is 210 Å². The summed E-state index contributed by atoms with van der Waals surface area (Å²) in [7, 11) is 3.58. The maximum Gasteiger partial charge on any atom is 0.254 e. The molecule has 0 radical (unpaired) electrons. The van der Waals surface area contributed by atoms with E-state index in [9.17, 15) is 4.79 Å². The average Bonchev–Trinajstić information content (AvgIpc) is 3.52. The lowest BCUT2D eigenvalue weighted by Crippen LogP contribution is -2.37. The van der Waals surface area contributed by atoms with Crippen LogP contribution in [0.2, 0.25) is 0 Å². The van der Waals surface area contributed by atoms with Crippen LogP contribution in [-0.4, -0.2) is 48.8 Å². The molecule has 4 aromatic rings. The molecule has 6 rings (SSSR count). The van der Waals surface area contributed by atoms with Crippen molar-refractivity contribution in [2.75, 3.05) is 13.7 Å². The van der Waals surface area contributed by atoms with Gasteiger partial charge in [0.1, 0.15) is 11.6 Å². The quantitative estimate of drug-likeness (QED) is 0.396. The van der Waals surface area contributed by atoms with Crippen LogP contribution in [0.3, 0.4) is 0 Å². The molecule has 0 unspecified atom stereocenters. The van der Waals surface area contributed by atoms with E-state index in [4.69, 9.17) is 4.74 Å². The summed E-state index contributed by atoms with van der Waals surface area (Å²) in [5.74, 6) is 2.49. The second kappa shape index (κ2) is 8.93. The Kier molecular flexibility index (Phi) is 5.59. The minimum Gasteiger partial charge on any atom is -0.497 e. The minimum absolute atomic E-state index is 0.0403. The third-order valence-corrected chi connectivity index (χ3v) is 7.18. The highest BCUT2D eigenvalue weighted by Crippen LogP contribution is 2.39. The first-order valence-corrected chi connectivity index (χ1v) is 12.5. The Morgan fingerprint density at radius 1 is 1.06 bits per heavy atom. The van der Waals surface area contributed by atoms with Crippen LogP contribution in [0.5, 0.6) is 5.75 Å². The van der Waals surface area contributed by atoms with Gasteiger partial charge in [-0.3, -0.25) is 14.5 Å². The van der Waals surface area contributed by atoms with Crippen molar-refractivity contribution in [1.29, 1.82) is 0 Å². The Balaban J connectivity index is 1.39. The molecule has 8 nitrogen and oxygen atoms in total. The van der Waals surface area contributed by atoms with Gasteiger partial charge in [-0.1, -0.05) is 0 Å². The van der Waals surface area contributed by atoms with E-state index >= 15 is 0 Å². The van der Waals surface area contributed by atoms with Gasteiger partial charge < -0.3 is 14.2 Å². The van der Waals surface area contributed by atoms with Gasteiger partial charge in [0.15, 0.2) is 0 Å². The zero-order chi connectivity index (χ0) is 24.8. The lowest BCUT2D eigenvalue weighted by atomic mass is 9.88. The molecule has 1 amide bonds. The monoisotopic (exact) mass is 482 g/mol. The van der Waals surface area contributed by atoms with Crippen LogP contribution < -0.4 is 4.74 Å². The Morgan fingerprint density at radius 3 is 2.64 bits per heavy atom. The number of carbonyl (C=O) groups excluding carboxylic acids is 1. The summed E-state index contributed by atoms with van der Waals surface area (Å²) in [4.78, 5) is 24.8. The summed E-state index contributed by atoms with van der Waals surface area (Å²) in [5, 5.41) is 4.58. The van der Waals surface area contributed by atoms with Crippen LogP contribution in [0.1, 0.15) is 57.5 Å². The maximum atomic E-state index is 13.8. The van der Waals surface area contributed by atoms with Crippen molar-refractivity contribution >= 4 is 5.91 Å². The molecule has 0 N–H and O–H groups in total. The molecule has 1 fully saturated rings. The van der Waals surface area contributed by atoms with Crippen molar-refractivity contribution in [3.8, 4) is 16.9 Å². The largest absolute Gasteiger partial charge is 0.497 e. The van der Waals surface area contributed by atoms with E-state index in [0.29, 0.717) is 25.6 Å². The van der Waals surface area contributed by atoms with Gasteiger partial charge in [0.2, 0.25) is 0 Å². The second-order valence-electron chi connectivity index (χ2n) is 9.82. The van der Waals surface area contributed by atoms with Gasteiger partial charge in [-0.15, -0.1) is 0 Å². The fourth-order valence-corrected chi connectivity index (χ4v) is 5.27. The van der Waals surface area contributed by atoms with Crippen molar-refractivity contribution in [2.24, 2.45) is 7.05 Å². The molecule has 1 aliphatic heterocycles. The third kappa shape index (κ3) is 4.17. The lowest BCUT2D eigenvalue weighted by molar-refractivity contribution is 0.0725. The number of carbonyl (C=O) groups is 1. The fraction of sp³-hybridized carbons (Fsp3) is 0.357. The highest BCUT2D eigenvalue weighted by molar-refractivity contribution is 5.99. The van der Waals surface area contributed by atoms with Crippen LogP contribution in [-0.2, 0) is 26.6 Å². The molecule has 184 valence electrons. The molecule has 1 saturated carbocycles. The number of pyridine rings is 1. The summed E-state index contributed by atoms with van der Waals surface area (Å²) >= 11 is 0. The molecule has 2 aliphatic rings. The van der Waals surface area contributed by atoms with Crippen molar-refractivity contribution in [2.45, 2.75) is 45.2 Å². The first-order chi connectivity index (χ1) is 17.5. The van der Waals surface area contributed by atoms with E-state index in [-0.39, 0.29) is 5.91 Å². The fourth-order valence-electron chi connectivity index (χ4n) is 5.27. The number of amides is 1. The van der Waals surface area contributed by atoms with Crippen molar-refractivity contribution in [3.63, 3.8) is 0 Å². The van der Waals surface area contributed by atoms with E-state index in [1.54, 1.807) is 13.3 Å². The van der Waals surface area contributed by atoms with Gasteiger partial charge in [0.25, 0.3) is 5.91 Å². The standard InChI is InChI=1S/C28H30N6O2/c1-18-26(17-32(2)31-18)24-12-19(15-33-11-9-30-27(33)20-4-5-20)13-25-23(24)7-10-34(28(25)35)16-21-14-22(36-3)6-8-29-21/h6,8-9,11-14,17,20H,4-5,7,10,15-16H2,1-3H3. The van der Waals surface area contributed by atoms with E-state index < -0.39 is 0 Å². The SMILES string of the molecule is COc1ccnc(CN2CCc3c(cc(Cn4ccnc4C4CC4)cc3-c3cn(C)nc3C)C2=O)c1. The number of aryl methyl sites for hydroxylation is 2. The van der Waals surface area contributed by atoms with Crippen LogP contribution in [0.4, 0.5) is 0 Å². The first kappa shape index (κ1) is 22.5. The molecular weight excluding hydrogens is 452 g/mol. The molecule has 0 spiro atoms. The van der Waals surface area contributed by atoms with Gasteiger partial charge in [-0.2, -0.15) is 5.10 Å². The van der Waals surface area contributed by atoms with Gasteiger partial charge in [-0.05, 0) is 61.1 Å². The number of hydrogen-bond acceptors (Lipinski definition) is 5. The number of hydrogen-bond donors (Lipinski definition) is 0. The number of ether oxygens (including phenoxy) is 1. The number of aromatic nitrogens is 5. The van der Waals surface area contributed by atoms with E-state index in [1.165, 1.54) is 12.8 Å². The Hall–Kier alpha value is -3.94. The van der Waals surface area contributed by atoms with E-state index in [1.807, 2.05) is 48.1 Å². The van der Waals surface area contributed by atoms with Gasteiger partial charge in [-0.25, -0.2) is 4.98 Å². The minimum atomic E-state index is 0.0403. The number of benzene rings is 1. The summed E-state index contributed by atoms with van der Waals surface area (Å²) in [5.41, 5.74) is 6.94. The molecule has 0 atom stereocenters. The smallest absolute Gasteiger partial charge is 0.254 e. The normalized spacial score (nSPS) is 15.3. The third-order valence-electron chi connectivity index (χ3n) is 7.18. The summed E-state index contributed by atoms with van der Waals surface area (Å²) in [6, 6.07) is 8.03. The molecule has 8 heteroatoms. The van der Waals surface area contributed by atoms with Gasteiger partial charge in [0.05, 0.1) is 25.0 Å². The number of fused-ring (bicyclic) bond motifs is 1. The van der Waals surface area contributed by atoms with Crippen LogP contribution >= 0.6 is 0 Å². The Morgan fingerprint density at radius 2 is 1.89 bits per heavy atom. The average molecular weight is 483 g/mol. The highest BCUT2D eigenvalue weighted by Gasteiger charge is 2.30. The lowest BCUT2D eigenvalue weighted by Gasteiger charge is -2.30. The zero-order valence-corrected chi connectivity index (χ0v) is 20.9. The Bertz CT molecular complexity index is 1450. The van der Waals surface area contributed by atoms with Crippen LogP contribution in [0, 0.1) is 6.92 Å². The second-order valence-corrected chi connectivity index (χ2v) is 9.82. The van der Waals surface area contributed by atoms with Crippen LogP contribution in [0.25, 0.3) is 11.1 Å². The van der Waals surface area contributed by atoms with E-state index in [0.717, 1.165) is 57.2 Å². The summed E-state index contributed by atoms with van der Waals surface area (Å²) in [6.45, 7) is 3.81. The predicted molar refractivity (Wildman–Crippen MR) is 136 cm³/mol. The molecule has 3 aromatic heterocycles. The summed E-state index contributed by atoms with van der Waals surface area (Å²) < 4.78 is 9.41. The number of imidazole rings is 1. The number of methoxy groups -OCH3 is 1. The van der Waals surface area contributed by atoms with Gasteiger partial charge in [0, 0.05) is 68.0 Å².